The quantitative estimate of drug-likeness (QED) is 0.853. The first-order valence-corrected chi connectivity index (χ1v) is 6.38. The van der Waals surface area contributed by atoms with Gasteiger partial charge in [-0.1, -0.05) is 0 Å². The standard InChI is InChI=1S/C13H16ClNO3/c1-8(15-9(2)16)3-10-4-12-13(18-7-17-12)5-11(10)6-14/h4-5,8H,3,6-7H2,1-2H3,(H,15,16). The van der Waals surface area contributed by atoms with E-state index < -0.39 is 0 Å². The molecule has 0 saturated carbocycles. The number of carbonyl (C=O) groups is 1. The number of carbonyl (C=O) groups excluding carboxylic acids is 1. The molecular weight excluding hydrogens is 254 g/mol. The number of benzene rings is 1. The summed E-state index contributed by atoms with van der Waals surface area (Å²) in [5.74, 6) is 1.87. The van der Waals surface area contributed by atoms with Crippen LogP contribution in [-0.4, -0.2) is 18.7 Å². The van der Waals surface area contributed by atoms with Gasteiger partial charge in [-0.15, -0.1) is 11.6 Å². The van der Waals surface area contributed by atoms with E-state index in [9.17, 15) is 4.79 Å². The molecule has 1 aromatic carbocycles. The maximum absolute atomic E-state index is 11.0. The lowest BCUT2D eigenvalue weighted by atomic mass is 10.0. The largest absolute Gasteiger partial charge is 0.454 e. The second-order valence-corrected chi connectivity index (χ2v) is 4.68. The van der Waals surface area contributed by atoms with E-state index in [1.54, 1.807) is 0 Å². The molecule has 1 N–H and O–H groups in total. The lowest BCUT2D eigenvalue weighted by Gasteiger charge is -2.15. The van der Waals surface area contributed by atoms with Crippen LogP contribution in [0.25, 0.3) is 0 Å². The van der Waals surface area contributed by atoms with E-state index in [1.807, 2.05) is 19.1 Å². The third-order valence-corrected chi connectivity index (χ3v) is 3.10. The van der Waals surface area contributed by atoms with E-state index >= 15 is 0 Å². The number of nitrogens with one attached hydrogen (secondary N) is 1. The van der Waals surface area contributed by atoms with Crippen molar-refractivity contribution in [2.75, 3.05) is 6.79 Å². The highest BCUT2D eigenvalue weighted by Gasteiger charge is 2.18. The number of amides is 1. The first-order chi connectivity index (χ1) is 8.60. The van der Waals surface area contributed by atoms with E-state index in [0.29, 0.717) is 5.88 Å². The van der Waals surface area contributed by atoms with Crippen LogP contribution in [0.15, 0.2) is 12.1 Å². The Morgan fingerprint density at radius 3 is 2.56 bits per heavy atom. The Morgan fingerprint density at radius 1 is 1.39 bits per heavy atom. The van der Waals surface area contributed by atoms with Crippen LogP contribution in [0.5, 0.6) is 11.5 Å². The molecule has 1 unspecified atom stereocenters. The van der Waals surface area contributed by atoms with Gasteiger partial charge in [-0.2, -0.15) is 0 Å². The van der Waals surface area contributed by atoms with Gasteiger partial charge in [-0.25, -0.2) is 0 Å². The van der Waals surface area contributed by atoms with Crippen LogP contribution in [0.2, 0.25) is 0 Å². The Balaban J connectivity index is 2.18. The zero-order chi connectivity index (χ0) is 13.1. The van der Waals surface area contributed by atoms with Crippen molar-refractivity contribution in [2.24, 2.45) is 0 Å². The smallest absolute Gasteiger partial charge is 0.231 e. The fraction of sp³-hybridized carbons (Fsp3) is 0.462. The van der Waals surface area contributed by atoms with E-state index in [2.05, 4.69) is 5.32 Å². The van der Waals surface area contributed by atoms with Crippen molar-refractivity contribution in [3.8, 4) is 11.5 Å². The summed E-state index contributed by atoms with van der Waals surface area (Å²) in [6, 6.07) is 3.91. The van der Waals surface area contributed by atoms with Gasteiger partial charge in [0.1, 0.15) is 0 Å². The van der Waals surface area contributed by atoms with Crippen LogP contribution in [0.3, 0.4) is 0 Å². The Hall–Kier alpha value is -1.42. The molecule has 0 aromatic heterocycles. The fourth-order valence-corrected chi connectivity index (χ4v) is 2.32. The van der Waals surface area contributed by atoms with Crippen LogP contribution in [0.1, 0.15) is 25.0 Å². The highest BCUT2D eigenvalue weighted by atomic mass is 35.5. The molecule has 0 radical (unpaired) electrons. The summed E-state index contributed by atoms with van der Waals surface area (Å²) in [5, 5.41) is 2.86. The van der Waals surface area contributed by atoms with Crippen molar-refractivity contribution >= 4 is 17.5 Å². The zero-order valence-electron chi connectivity index (χ0n) is 10.5. The Bertz CT molecular complexity index is 462. The molecule has 1 amide bonds. The second kappa shape index (κ2) is 5.48. The predicted molar refractivity (Wildman–Crippen MR) is 69.1 cm³/mol. The van der Waals surface area contributed by atoms with Crippen LogP contribution in [0.4, 0.5) is 0 Å². The third kappa shape index (κ3) is 2.88. The van der Waals surface area contributed by atoms with Crippen molar-refractivity contribution < 1.29 is 14.3 Å². The SMILES string of the molecule is CC(=O)NC(C)Cc1cc2c(cc1CCl)OCO2. The lowest BCUT2D eigenvalue weighted by molar-refractivity contribution is -0.119. The minimum Gasteiger partial charge on any atom is -0.454 e. The molecule has 4 nitrogen and oxygen atoms in total. The van der Waals surface area contributed by atoms with E-state index in [-0.39, 0.29) is 18.7 Å². The number of halogens is 1. The molecule has 1 aliphatic rings. The molecule has 0 aliphatic carbocycles. The van der Waals surface area contributed by atoms with Crippen LogP contribution < -0.4 is 14.8 Å². The second-order valence-electron chi connectivity index (χ2n) is 4.41. The molecule has 1 atom stereocenters. The third-order valence-electron chi connectivity index (χ3n) is 2.81. The van der Waals surface area contributed by atoms with Gasteiger partial charge in [0.15, 0.2) is 11.5 Å². The maximum atomic E-state index is 11.0. The van der Waals surface area contributed by atoms with Crippen molar-refractivity contribution in [1.82, 2.24) is 5.32 Å². The molecule has 0 spiro atoms. The highest BCUT2D eigenvalue weighted by molar-refractivity contribution is 6.17. The van der Waals surface area contributed by atoms with Crippen molar-refractivity contribution in [3.05, 3.63) is 23.3 Å². The van der Waals surface area contributed by atoms with Gasteiger partial charge in [0, 0.05) is 18.8 Å². The summed E-state index contributed by atoms with van der Waals surface area (Å²) in [4.78, 5) is 11.0. The van der Waals surface area contributed by atoms with Gasteiger partial charge < -0.3 is 14.8 Å². The molecule has 0 bridgehead atoms. The van der Waals surface area contributed by atoms with Gasteiger partial charge >= 0.3 is 0 Å². The highest BCUT2D eigenvalue weighted by Crippen LogP contribution is 2.35. The molecule has 98 valence electrons. The first kappa shape index (κ1) is 13.0. The number of alkyl halides is 1. The molecular formula is C13H16ClNO3. The van der Waals surface area contributed by atoms with E-state index in [1.165, 1.54) is 6.92 Å². The normalized spacial score (nSPS) is 14.4. The first-order valence-electron chi connectivity index (χ1n) is 5.84. The predicted octanol–water partition coefficient (Wildman–Crippen LogP) is 2.22. The summed E-state index contributed by atoms with van der Waals surface area (Å²) < 4.78 is 10.7. The topological polar surface area (TPSA) is 47.6 Å². The van der Waals surface area contributed by atoms with Gasteiger partial charge in [0.25, 0.3) is 0 Å². The molecule has 1 heterocycles. The fourth-order valence-electron chi connectivity index (χ4n) is 2.07. The summed E-state index contributed by atoms with van der Waals surface area (Å²) >= 11 is 5.94. The average Bonchev–Trinajstić information content (AvgIpc) is 2.73. The minimum atomic E-state index is -0.0318. The lowest BCUT2D eigenvalue weighted by Crippen LogP contribution is -2.32. The van der Waals surface area contributed by atoms with Gasteiger partial charge in [0.2, 0.25) is 12.7 Å². The molecule has 0 fully saturated rings. The van der Waals surface area contributed by atoms with E-state index in [4.69, 9.17) is 21.1 Å². The summed E-state index contributed by atoms with van der Waals surface area (Å²) in [6.07, 6.45) is 0.721. The molecule has 18 heavy (non-hydrogen) atoms. The molecule has 5 heteroatoms. The van der Waals surface area contributed by atoms with Gasteiger partial charge in [0.05, 0.1) is 0 Å². The summed E-state index contributed by atoms with van der Waals surface area (Å²) in [5.41, 5.74) is 2.09. The number of fused-ring (bicyclic) bond motifs is 1. The van der Waals surface area contributed by atoms with E-state index in [0.717, 1.165) is 29.0 Å². The van der Waals surface area contributed by atoms with Gasteiger partial charge in [-0.05, 0) is 36.6 Å². The molecule has 0 saturated heterocycles. The Morgan fingerprint density at radius 2 is 2.00 bits per heavy atom. The molecule has 2 rings (SSSR count). The molecule has 1 aliphatic heterocycles. The number of rotatable bonds is 4. The Labute approximate surface area is 111 Å². The maximum Gasteiger partial charge on any atom is 0.231 e. The summed E-state index contributed by atoms with van der Waals surface area (Å²) in [6.45, 7) is 3.73. The zero-order valence-corrected chi connectivity index (χ0v) is 11.2. The van der Waals surface area contributed by atoms with Crippen LogP contribution in [-0.2, 0) is 17.1 Å². The van der Waals surface area contributed by atoms with Crippen molar-refractivity contribution in [1.29, 1.82) is 0 Å². The molecule has 1 aromatic rings. The Kier molecular flexibility index (Phi) is 3.97. The van der Waals surface area contributed by atoms with Crippen molar-refractivity contribution in [2.45, 2.75) is 32.2 Å². The van der Waals surface area contributed by atoms with Gasteiger partial charge in [-0.3, -0.25) is 4.79 Å². The minimum absolute atomic E-state index is 0.0318. The summed E-state index contributed by atoms with van der Waals surface area (Å²) in [7, 11) is 0. The number of ether oxygens (including phenoxy) is 2. The van der Waals surface area contributed by atoms with Crippen LogP contribution >= 0.6 is 11.6 Å². The average molecular weight is 270 g/mol. The van der Waals surface area contributed by atoms with Crippen molar-refractivity contribution in [3.63, 3.8) is 0 Å². The number of hydrogen-bond donors (Lipinski definition) is 1. The number of hydrogen-bond acceptors (Lipinski definition) is 3. The monoisotopic (exact) mass is 269 g/mol. The van der Waals surface area contributed by atoms with Crippen LogP contribution in [0, 0.1) is 0 Å².